The summed E-state index contributed by atoms with van der Waals surface area (Å²) < 4.78 is 13.6. The molecule has 50 heavy (non-hydrogen) atoms. The number of fused-ring (bicyclic) bond motifs is 2. The number of hydrogen-bond donors (Lipinski definition) is 1. The van der Waals surface area contributed by atoms with Gasteiger partial charge >= 0.3 is 12.1 Å². The quantitative estimate of drug-likeness (QED) is 0.193. The summed E-state index contributed by atoms with van der Waals surface area (Å²) in [7, 11) is 0. The second-order valence-corrected chi connectivity index (χ2v) is 14.4. The number of carboxylic acids is 1. The molecular weight excluding hydrogens is 656 g/mol. The van der Waals surface area contributed by atoms with E-state index in [0.29, 0.717) is 78.8 Å². The largest absolute Gasteiger partial charge is 0.481 e. The van der Waals surface area contributed by atoms with Crippen molar-refractivity contribution < 1.29 is 23.8 Å². The Morgan fingerprint density at radius 3 is 2.62 bits per heavy atom. The number of aromatic nitrogens is 3. The second kappa shape index (κ2) is 12.9. The molecule has 0 aliphatic carbocycles. The van der Waals surface area contributed by atoms with Crippen LogP contribution in [0.4, 0.5) is 4.79 Å². The fourth-order valence-electron chi connectivity index (χ4n) is 6.79. The average Bonchev–Trinajstić information content (AvgIpc) is 3.82. The highest BCUT2D eigenvalue weighted by molar-refractivity contribution is 6.35. The number of amides is 1. The maximum atomic E-state index is 12.7. The first-order valence-electron chi connectivity index (χ1n) is 16.6. The first kappa shape index (κ1) is 33.3. The van der Waals surface area contributed by atoms with Crippen molar-refractivity contribution in [2.75, 3.05) is 19.6 Å². The van der Waals surface area contributed by atoms with Crippen LogP contribution in [0.1, 0.15) is 55.1 Å². The lowest BCUT2D eigenvalue weighted by molar-refractivity contribution is -0.141. The summed E-state index contributed by atoms with van der Waals surface area (Å²) >= 11 is 7.12. The average molecular weight is 693 g/mol. The molecule has 5 aromatic rings. The summed E-state index contributed by atoms with van der Waals surface area (Å²) in [5.74, 6) is -0.763. The monoisotopic (exact) mass is 692 g/mol. The molecule has 256 valence electrons. The highest BCUT2D eigenvalue weighted by atomic mass is 35.5. The van der Waals surface area contributed by atoms with Gasteiger partial charge in [0.2, 0.25) is 5.89 Å². The Morgan fingerprint density at radius 1 is 1.12 bits per heavy atom. The van der Waals surface area contributed by atoms with Crippen LogP contribution in [0.5, 0.6) is 0 Å². The molecule has 1 fully saturated rings. The number of hydrogen-bond acceptors (Lipinski definition) is 8. The maximum absolute atomic E-state index is 12.7. The molecule has 11 nitrogen and oxygen atoms in total. The van der Waals surface area contributed by atoms with Crippen LogP contribution in [0.3, 0.4) is 0 Å². The summed E-state index contributed by atoms with van der Waals surface area (Å²) in [5, 5.41) is 24.7. The third kappa shape index (κ3) is 6.44. The molecule has 2 aromatic heterocycles. The van der Waals surface area contributed by atoms with Gasteiger partial charge in [-0.15, -0.1) is 0 Å². The van der Waals surface area contributed by atoms with Crippen LogP contribution in [-0.4, -0.2) is 67.0 Å². The zero-order valence-corrected chi connectivity index (χ0v) is 29.1. The Morgan fingerprint density at radius 2 is 1.88 bits per heavy atom. The Balaban J connectivity index is 1.17. The number of benzene rings is 3. The highest BCUT2D eigenvalue weighted by Crippen LogP contribution is 2.39. The third-order valence-electron chi connectivity index (χ3n) is 9.30. The standard InChI is InChI=1S/C38H37ClN6O5/c1-22-27(29-9-6-10-32(33(29)39)45-20-24-12-14-44(21-31(24)42-45)37(48)50-38(2,3)4)7-5-8-28(22)35-41-30-16-23(15-26(17-40)34(30)49-35)18-43-13-11-25(19-43)36(46)47/h5-10,15-16,20,25H,11-14,18-19,21H2,1-4H3,(H,46,47). The lowest BCUT2D eigenvalue weighted by Crippen LogP contribution is -2.39. The summed E-state index contributed by atoms with van der Waals surface area (Å²) in [4.78, 5) is 32.7. The Hall–Kier alpha value is -5.18. The topological polar surface area (TPSA) is 138 Å². The smallest absolute Gasteiger partial charge is 0.410 e. The van der Waals surface area contributed by atoms with Gasteiger partial charge in [-0.25, -0.2) is 14.5 Å². The molecule has 3 aromatic carbocycles. The van der Waals surface area contributed by atoms with Crippen molar-refractivity contribution in [1.29, 1.82) is 5.26 Å². The lowest BCUT2D eigenvalue weighted by Gasteiger charge is -2.29. The molecule has 1 N–H and O–H groups in total. The number of nitrogens with zero attached hydrogens (tertiary/aromatic N) is 6. The van der Waals surface area contributed by atoms with E-state index in [0.717, 1.165) is 39.1 Å². The number of halogens is 1. The fraction of sp³-hybridized carbons (Fsp3) is 0.342. The van der Waals surface area contributed by atoms with Crippen LogP contribution >= 0.6 is 11.6 Å². The van der Waals surface area contributed by atoms with E-state index in [1.54, 1.807) is 15.6 Å². The molecule has 1 unspecified atom stereocenters. The number of carbonyl (C=O) groups excluding carboxylic acids is 1. The van der Waals surface area contributed by atoms with E-state index >= 15 is 0 Å². The van der Waals surface area contributed by atoms with Crippen LogP contribution in [0.2, 0.25) is 5.02 Å². The predicted octanol–water partition coefficient (Wildman–Crippen LogP) is 7.38. The molecule has 2 aliphatic rings. The SMILES string of the molecule is Cc1c(-c2nc3cc(CN4CCC(C(=O)O)C4)cc(C#N)c3o2)cccc1-c1cccc(-n2cc3c(n2)CN(C(=O)OC(C)(C)C)CC3)c1Cl. The Labute approximate surface area is 294 Å². The van der Waals surface area contributed by atoms with Gasteiger partial charge in [-0.1, -0.05) is 35.9 Å². The van der Waals surface area contributed by atoms with Gasteiger partial charge < -0.3 is 19.2 Å². The number of carbonyl (C=O) groups is 2. The highest BCUT2D eigenvalue weighted by Gasteiger charge is 2.30. The van der Waals surface area contributed by atoms with Crippen molar-refractivity contribution in [2.24, 2.45) is 5.92 Å². The summed E-state index contributed by atoms with van der Waals surface area (Å²) in [6.07, 6.45) is 2.89. The van der Waals surface area contributed by atoms with Crippen LogP contribution < -0.4 is 0 Å². The van der Waals surface area contributed by atoms with E-state index in [4.69, 9.17) is 30.8 Å². The number of nitriles is 1. The number of rotatable bonds is 6. The van der Waals surface area contributed by atoms with Gasteiger partial charge in [0.15, 0.2) is 5.58 Å². The number of likely N-dealkylation sites (tertiary alicyclic amines) is 1. The van der Waals surface area contributed by atoms with Crippen LogP contribution in [-0.2, 0) is 29.0 Å². The normalized spacial score (nSPS) is 16.4. The van der Waals surface area contributed by atoms with Crippen molar-refractivity contribution in [2.45, 2.75) is 59.2 Å². The summed E-state index contributed by atoms with van der Waals surface area (Å²) in [6.45, 7) is 10.1. The van der Waals surface area contributed by atoms with E-state index in [1.165, 1.54) is 0 Å². The Bertz CT molecular complexity index is 2190. The molecule has 0 spiro atoms. The van der Waals surface area contributed by atoms with E-state index in [9.17, 15) is 20.0 Å². The molecular formula is C38H37ClN6O5. The minimum atomic E-state index is -0.777. The number of ether oxygens (including phenoxy) is 1. The third-order valence-corrected chi connectivity index (χ3v) is 9.70. The van der Waals surface area contributed by atoms with E-state index in [1.807, 2.05) is 76.4 Å². The molecule has 0 radical (unpaired) electrons. The molecule has 4 heterocycles. The summed E-state index contributed by atoms with van der Waals surface area (Å²) in [6, 6.07) is 17.6. The maximum Gasteiger partial charge on any atom is 0.410 e. The van der Waals surface area contributed by atoms with Crippen LogP contribution in [0.25, 0.3) is 39.4 Å². The zero-order valence-electron chi connectivity index (χ0n) is 28.4. The van der Waals surface area contributed by atoms with Crippen molar-refractivity contribution >= 4 is 34.8 Å². The van der Waals surface area contributed by atoms with E-state index in [2.05, 4.69) is 11.0 Å². The lowest BCUT2D eigenvalue weighted by atomic mass is 9.96. The molecule has 0 bridgehead atoms. The predicted molar refractivity (Wildman–Crippen MR) is 188 cm³/mol. The first-order valence-corrected chi connectivity index (χ1v) is 17.0. The zero-order chi connectivity index (χ0) is 35.3. The van der Waals surface area contributed by atoms with Gasteiger partial charge in [0.1, 0.15) is 17.2 Å². The van der Waals surface area contributed by atoms with Crippen molar-refractivity contribution in [3.05, 3.63) is 87.7 Å². The Kier molecular flexibility index (Phi) is 8.62. The minimum Gasteiger partial charge on any atom is -0.481 e. The van der Waals surface area contributed by atoms with Gasteiger partial charge in [-0.2, -0.15) is 10.4 Å². The number of aliphatic carboxylic acids is 1. The van der Waals surface area contributed by atoms with Gasteiger partial charge in [-0.3, -0.25) is 9.69 Å². The van der Waals surface area contributed by atoms with Gasteiger partial charge in [0, 0.05) is 37.0 Å². The second-order valence-electron chi connectivity index (χ2n) is 14.0. The molecule has 2 aliphatic heterocycles. The van der Waals surface area contributed by atoms with Gasteiger partial charge in [0.25, 0.3) is 0 Å². The molecule has 1 atom stereocenters. The van der Waals surface area contributed by atoms with Crippen LogP contribution in [0.15, 0.2) is 59.1 Å². The van der Waals surface area contributed by atoms with Gasteiger partial charge in [-0.05, 0) is 93.6 Å². The first-order chi connectivity index (χ1) is 23.9. The van der Waals surface area contributed by atoms with Gasteiger partial charge in [0.05, 0.1) is 34.4 Å². The molecule has 12 heteroatoms. The minimum absolute atomic E-state index is 0.353. The summed E-state index contributed by atoms with van der Waals surface area (Å²) in [5.41, 5.74) is 7.63. The molecule has 1 saturated heterocycles. The number of carboxylic acid groups (broad SMARTS) is 1. The van der Waals surface area contributed by atoms with E-state index in [-0.39, 0.29) is 12.0 Å². The van der Waals surface area contributed by atoms with Crippen molar-refractivity contribution in [3.63, 3.8) is 0 Å². The van der Waals surface area contributed by atoms with E-state index < -0.39 is 11.6 Å². The van der Waals surface area contributed by atoms with Crippen LogP contribution in [0, 0.1) is 24.2 Å². The molecule has 7 rings (SSSR count). The fourth-order valence-corrected chi connectivity index (χ4v) is 7.10. The molecule has 0 saturated carbocycles. The number of oxazole rings is 1. The van der Waals surface area contributed by atoms with Crippen molar-refractivity contribution in [3.8, 4) is 34.3 Å². The molecule has 1 amide bonds. The van der Waals surface area contributed by atoms with Crippen molar-refractivity contribution in [1.82, 2.24) is 24.6 Å².